The molecule has 3 unspecified atom stereocenters. The van der Waals surface area contributed by atoms with Crippen molar-refractivity contribution in [1.82, 2.24) is 5.32 Å². The first-order valence-electron chi connectivity index (χ1n) is 7.46. The maximum Gasteiger partial charge on any atom is 0.124 e. The van der Waals surface area contributed by atoms with Crippen molar-refractivity contribution >= 4 is 0 Å². The molecule has 2 aliphatic rings. The van der Waals surface area contributed by atoms with Gasteiger partial charge in [-0.15, -0.1) is 0 Å². The molecule has 0 aliphatic heterocycles. The SMILES string of the molecule is CNC(c1c(C)cc(C)cc1OC)C1CC2CC2C1. The Morgan fingerprint density at radius 2 is 1.84 bits per heavy atom. The van der Waals surface area contributed by atoms with Gasteiger partial charge >= 0.3 is 0 Å². The molecule has 2 heteroatoms. The number of methoxy groups -OCH3 is 1. The molecule has 1 aromatic carbocycles. The molecule has 1 aromatic rings. The number of hydrogen-bond donors (Lipinski definition) is 1. The molecule has 3 atom stereocenters. The van der Waals surface area contributed by atoms with Gasteiger partial charge in [-0.2, -0.15) is 0 Å². The summed E-state index contributed by atoms with van der Waals surface area (Å²) in [5.74, 6) is 3.89. The van der Waals surface area contributed by atoms with Crippen LogP contribution >= 0.6 is 0 Å². The molecule has 0 radical (unpaired) electrons. The number of benzene rings is 1. The van der Waals surface area contributed by atoms with E-state index in [0.29, 0.717) is 6.04 Å². The number of nitrogens with one attached hydrogen (secondary N) is 1. The van der Waals surface area contributed by atoms with Gasteiger partial charge in [0.15, 0.2) is 0 Å². The predicted octanol–water partition coefficient (Wildman–Crippen LogP) is 3.62. The molecule has 0 bridgehead atoms. The minimum Gasteiger partial charge on any atom is -0.496 e. The summed E-state index contributed by atoms with van der Waals surface area (Å²) >= 11 is 0. The number of hydrogen-bond acceptors (Lipinski definition) is 2. The van der Waals surface area contributed by atoms with Crippen molar-refractivity contribution in [3.05, 3.63) is 28.8 Å². The van der Waals surface area contributed by atoms with Gasteiger partial charge < -0.3 is 10.1 Å². The number of rotatable bonds is 4. The van der Waals surface area contributed by atoms with Crippen molar-refractivity contribution in [3.8, 4) is 5.75 Å². The number of aryl methyl sites for hydroxylation is 2. The second-order valence-electron chi connectivity index (χ2n) is 6.45. The van der Waals surface area contributed by atoms with Crippen LogP contribution in [-0.2, 0) is 0 Å². The lowest BCUT2D eigenvalue weighted by Crippen LogP contribution is -2.26. The Labute approximate surface area is 116 Å². The van der Waals surface area contributed by atoms with Crippen molar-refractivity contribution in [2.24, 2.45) is 17.8 Å². The van der Waals surface area contributed by atoms with Crippen molar-refractivity contribution in [3.63, 3.8) is 0 Å². The molecule has 2 nitrogen and oxygen atoms in total. The monoisotopic (exact) mass is 259 g/mol. The first-order valence-corrected chi connectivity index (χ1v) is 7.46. The lowest BCUT2D eigenvalue weighted by atomic mass is 9.86. The summed E-state index contributed by atoms with van der Waals surface area (Å²) in [5.41, 5.74) is 4.01. The lowest BCUT2D eigenvalue weighted by Gasteiger charge is -2.28. The average Bonchev–Trinajstić information content (AvgIpc) is 2.99. The maximum absolute atomic E-state index is 5.65. The third-order valence-corrected chi connectivity index (χ3v) is 5.09. The molecule has 2 saturated carbocycles. The van der Waals surface area contributed by atoms with Gasteiger partial charge in [-0.1, -0.05) is 6.07 Å². The molecule has 0 spiro atoms. The minimum absolute atomic E-state index is 0.448. The standard InChI is InChI=1S/C17H25NO/c1-10-5-11(2)16(15(6-10)19-4)17(18-3)14-8-12-7-13(12)9-14/h5-6,12-14,17-18H,7-9H2,1-4H3. The maximum atomic E-state index is 5.65. The first-order chi connectivity index (χ1) is 9.13. The van der Waals surface area contributed by atoms with Crippen molar-refractivity contribution < 1.29 is 4.74 Å². The summed E-state index contributed by atoms with van der Waals surface area (Å²) in [4.78, 5) is 0. The van der Waals surface area contributed by atoms with Crippen molar-refractivity contribution in [1.29, 1.82) is 0 Å². The van der Waals surface area contributed by atoms with Gasteiger partial charge in [0.05, 0.1) is 7.11 Å². The highest BCUT2D eigenvalue weighted by Crippen LogP contribution is 2.57. The van der Waals surface area contributed by atoms with E-state index >= 15 is 0 Å². The fourth-order valence-electron chi connectivity index (χ4n) is 4.16. The Balaban J connectivity index is 1.94. The van der Waals surface area contributed by atoms with E-state index in [4.69, 9.17) is 4.74 Å². The second kappa shape index (κ2) is 4.82. The molecule has 3 rings (SSSR count). The summed E-state index contributed by atoms with van der Waals surface area (Å²) in [7, 11) is 3.88. The van der Waals surface area contributed by atoms with Gasteiger partial charge in [0.1, 0.15) is 5.75 Å². The fourth-order valence-corrected chi connectivity index (χ4v) is 4.16. The molecule has 0 aromatic heterocycles. The molecule has 104 valence electrons. The van der Waals surface area contributed by atoms with Crippen LogP contribution in [0.5, 0.6) is 5.75 Å². The Kier molecular flexibility index (Phi) is 3.30. The molecule has 2 fully saturated rings. The van der Waals surface area contributed by atoms with Crippen LogP contribution in [-0.4, -0.2) is 14.2 Å². The highest BCUT2D eigenvalue weighted by molar-refractivity contribution is 5.45. The molecule has 0 amide bonds. The van der Waals surface area contributed by atoms with Crippen LogP contribution in [0.25, 0.3) is 0 Å². The third kappa shape index (κ3) is 2.27. The van der Waals surface area contributed by atoms with Crippen LogP contribution in [0, 0.1) is 31.6 Å². The summed E-state index contributed by atoms with van der Waals surface area (Å²) < 4.78 is 5.65. The molecule has 19 heavy (non-hydrogen) atoms. The van der Waals surface area contributed by atoms with Crippen molar-refractivity contribution in [2.75, 3.05) is 14.2 Å². The smallest absolute Gasteiger partial charge is 0.124 e. The van der Waals surface area contributed by atoms with Crippen LogP contribution in [0.3, 0.4) is 0 Å². The molecular formula is C17H25NO. The molecular weight excluding hydrogens is 234 g/mol. The zero-order valence-electron chi connectivity index (χ0n) is 12.5. The van der Waals surface area contributed by atoms with Crippen molar-refractivity contribution in [2.45, 2.75) is 39.2 Å². The average molecular weight is 259 g/mol. The topological polar surface area (TPSA) is 21.3 Å². The minimum atomic E-state index is 0.448. The summed E-state index contributed by atoms with van der Waals surface area (Å²) in [6.45, 7) is 4.35. The van der Waals surface area contributed by atoms with E-state index in [1.54, 1.807) is 7.11 Å². The van der Waals surface area contributed by atoms with Crippen LogP contribution < -0.4 is 10.1 Å². The largest absolute Gasteiger partial charge is 0.496 e. The molecule has 0 saturated heterocycles. The predicted molar refractivity (Wildman–Crippen MR) is 78.6 cm³/mol. The Morgan fingerprint density at radius 1 is 1.16 bits per heavy atom. The first kappa shape index (κ1) is 13.0. The Morgan fingerprint density at radius 3 is 2.42 bits per heavy atom. The lowest BCUT2D eigenvalue weighted by molar-refractivity contribution is 0.338. The zero-order valence-corrected chi connectivity index (χ0v) is 12.5. The van der Waals surface area contributed by atoms with Gasteiger partial charge in [0.25, 0.3) is 0 Å². The normalized spacial score (nSPS) is 30.0. The quantitative estimate of drug-likeness (QED) is 0.891. The molecule has 2 aliphatic carbocycles. The zero-order chi connectivity index (χ0) is 13.6. The van der Waals surface area contributed by atoms with Gasteiger partial charge in [-0.3, -0.25) is 0 Å². The number of fused-ring (bicyclic) bond motifs is 1. The summed E-state index contributed by atoms with van der Waals surface area (Å²) in [6, 6.07) is 4.89. The fraction of sp³-hybridized carbons (Fsp3) is 0.647. The summed E-state index contributed by atoms with van der Waals surface area (Å²) in [5, 5.41) is 3.56. The van der Waals surface area contributed by atoms with Gasteiger partial charge in [-0.25, -0.2) is 0 Å². The summed E-state index contributed by atoms with van der Waals surface area (Å²) in [6.07, 6.45) is 4.27. The van der Waals surface area contributed by atoms with Crippen LogP contribution in [0.2, 0.25) is 0 Å². The van der Waals surface area contributed by atoms with Crippen LogP contribution in [0.15, 0.2) is 12.1 Å². The highest BCUT2D eigenvalue weighted by Gasteiger charge is 2.48. The Bertz CT molecular complexity index is 472. The Hall–Kier alpha value is -1.02. The number of ether oxygens (including phenoxy) is 1. The van der Waals surface area contributed by atoms with Crippen LogP contribution in [0.4, 0.5) is 0 Å². The molecule has 0 heterocycles. The van der Waals surface area contributed by atoms with E-state index in [-0.39, 0.29) is 0 Å². The van der Waals surface area contributed by atoms with E-state index in [9.17, 15) is 0 Å². The van der Waals surface area contributed by atoms with E-state index in [1.165, 1.54) is 36.0 Å². The third-order valence-electron chi connectivity index (χ3n) is 5.09. The van der Waals surface area contributed by atoms with E-state index < -0.39 is 0 Å². The van der Waals surface area contributed by atoms with Gasteiger partial charge in [0.2, 0.25) is 0 Å². The molecule has 1 N–H and O–H groups in total. The highest BCUT2D eigenvalue weighted by atomic mass is 16.5. The van der Waals surface area contributed by atoms with E-state index in [1.807, 2.05) is 0 Å². The van der Waals surface area contributed by atoms with E-state index in [0.717, 1.165) is 23.5 Å². The van der Waals surface area contributed by atoms with Gasteiger partial charge in [-0.05, 0) is 75.1 Å². The van der Waals surface area contributed by atoms with Gasteiger partial charge in [0, 0.05) is 11.6 Å². The van der Waals surface area contributed by atoms with E-state index in [2.05, 4.69) is 38.3 Å². The van der Waals surface area contributed by atoms with Crippen LogP contribution in [0.1, 0.15) is 42.0 Å². The second-order valence-corrected chi connectivity index (χ2v) is 6.45.